The van der Waals surface area contributed by atoms with Gasteiger partial charge in [0.05, 0.1) is 12.5 Å². The second-order valence-electron chi connectivity index (χ2n) is 13.9. The summed E-state index contributed by atoms with van der Waals surface area (Å²) in [5.41, 5.74) is 1.02. The molecule has 1 heterocycles. The number of carbonyl (C=O) groups is 3. The van der Waals surface area contributed by atoms with Gasteiger partial charge in [-0.25, -0.2) is 0 Å². The number of benzene rings is 2. The van der Waals surface area contributed by atoms with Crippen LogP contribution in [-0.2, 0) is 9.59 Å². The monoisotopic (exact) mass is 643 g/mol. The van der Waals surface area contributed by atoms with E-state index >= 15 is 0 Å². The molecule has 0 radical (unpaired) electrons. The third-order valence-electron chi connectivity index (χ3n) is 8.99. The first-order chi connectivity index (χ1) is 21.5. The van der Waals surface area contributed by atoms with Crippen molar-refractivity contribution in [2.45, 2.75) is 97.6 Å². The van der Waals surface area contributed by atoms with Crippen LogP contribution in [0.4, 0.5) is 13.2 Å². The van der Waals surface area contributed by atoms with E-state index in [-0.39, 0.29) is 47.7 Å². The summed E-state index contributed by atoms with van der Waals surface area (Å²) in [4.78, 5) is 45.0. The maximum Gasteiger partial charge on any atom is 0.573 e. The average Bonchev–Trinajstić information content (AvgIpc) is 3.23. The fraction of sp³-hybridized carbons (Fsp3) is 0.543. The van der Waals surface area contributed by atoms with E-state index in [0.29, 0.717) is 42.2 Å². The number of alkyl halides is 3. The summed E-state index contributed by atoms with van der Waals surface area (Å²) in [6.45, 7) is 10.8. The van der Waals surface area contributed by atoms with Crippen molar-refractivity contribution in [1.29, 1.82) is 0 Å². The number of aliphatic carboxylic acids is 1. The Kier molecular flexibility index (Phi) is 10.5. The number of nitrogens with zero attached hydrogens (tertiary/aromatic N) is 2. The van der Waals surface area contributed by atoms with Gasteiger partial charge in [-0.05, 0) is 97.7 Å². The second kappa shape index (κ2) is 13.8. The van der Waals surface area contributed by atoms with Crippen LogP contribution in [0.1, 0.15) is 107 Å². The summed E-state index contributed by atoms with van der Waals surface area (Å²) in [5, 5.41) is 11.5. The quantitative estimate of drug-likeness (QED) is 0.263. The molecule has 4 rings (SSSR count). The molecule has 1 fully saturated rings. The fourth-order valence-electron chi connectivity index (χ4n) is 6.43. The molecule has 250 valence electrons. The Morgan fingerprint density at radius 2 is 1.65 bits per heavy atom. The number of amides is 2. The molecule has 1 atom stereocenters. The van der Waals surface area contributed by atoms with Crippen molar-refractivity contribution in [1.82, 2.24) is 10.2 Å². The van der Waals surface area contributed by atoms with Crippen molar-refractivity contribution in [2.75, 3.05) is 6.54 Å². The zero-order valence-electron chi connectivity index (χ0n) is 27.1. The van der Waals surface area contributed by atoms with Crippen LogP contribution < -0.4 is 10.1 Å². The Hall–Kier alpha value is -3.89. The number of hydrogen-bond donors (Lipinski definition) is 2. The van der Waals surface area contributed by atoms with Gasteiger partial charge in [-0.3, -0.25) is 19.4 Å². The standard InChI is InChI=1S/C35H44F3N3O5/c1-22(2)23-14-19-34(20-15-23)40-30(25-10-12-27(13-11-25)46-35(36,37)38)32(45)41(34)28(16-18-33(3,4)5)24-6-8-26(9-7-24)31(44)39-21-17-29(42)43/h6-13,22-23,28H,14-21H2,1-5H3,(H,39,44)(H,42,43). The first-order valence-corrected chi connectivity index (χ1v) is 15.9. The Balaban J connectivity index is 1.71. The summed E-state index contributed by atoms with van der Waals surface area (Å²) in [5.74, 6) is -1.06. The van der Waals surface area contributed by atoms with Crippen molar-refractivity contribution >= 4 is 23.5 Å². The third-order valence-corrected chi connectivity index (χ3v) is 8.99. The van der Waals surface area contributed by atoms with Crippen LogP contribution in [0.2, 0.25) is 0 Å². The van der Waals surface area contributed by atoms with Gasteiger partial charge in [0, 0.05) is 17.7 Å². The zero-order chi connectivity index (χ0) is 33.9. The molecule has 1 aliphatic carbocycles. The normalized spacial score (nSPS) is 21.0. The van der Waals surface area contributed by atoms with Gasteiger partial charge in [-0.15, -0.1) is 13.2 Å². The number of halogens is 3. The molecule has 2 aromatic carbocycles. The first kappa shape index (κ1) is 35.0. The highest BCUT2D eigenvalue weighted by molar-refractivity contribution is 6.46. The van der Waals surface area contributed by atoms with Crippen molar-refractivity contribution < 1.29 is 37.4 Å². The zero-order valence-corrected chi connectivity index (χ0v) is 27.1. The van der Waals surface area contributed by atoms with Gasteiger partial charge < -0.3 is 20.1 Å². The van der Waals surface area contributed by atoms with Crippen LogP contribution in [-0.4, -0.2) is 52.1 Å². The Labute approximate surface area is 268 Å². The predicted molar refractivity (Wildman–Crippen MR) is 168 cm³/mol. The smallest absolute Gasteiger partial charge is 0.481 e. The van der Waals surface area contributed by atoms with Crippen LogP contribution in [0.5, 0.6) is 5.75 Å². The molecule has 8 nitrogen and oxygen atoms in total. The van der Waals surface area contributed by atoms with Crippen LogP contribution in [0.3, 0.4) is 0 Å². The topological polar surface area (TPSA) is 108 Å². The van der Waals surface area contributed by atoms with Gasteiger partial charge in [-0.1, -0.05) is 46.8 Å². The second-order valence-corrected chi connectivity index (χ2v) is 13.9. The van der Waals surface area contributed by atoms with E-state index in [4.69, 9.17) is 10.1 Å². The van der Waals surface area contributed by atoms with Crippen LogP contribution >= 0.6 is 0 Å². The lowest BCUT2D eigenvalue weighted by Crippen LogP contribution is -2.51. The average molecular weight is 644 g/mol. The van der Waals surface area contributed by atoms with Crippen molar-refractivity contribution in [3.8, 4) is 5.75 Å². The van der Waals surface area contributed by atoms with Crippen LogP contribution in [0.15, 0.2) is 53.5 Å². The Morgan fingerprint density at radius 1 is 1.04 bits per heavy atom. The fourth-order valence-corrected chi connectivity index (χ4v) is 6.43. The molecule has 1 unspecified atom stereocenters. The lowest BCUT2D eigenvalue weighted by molar-refractivity contribution is -0.274. The number of carboxylic acids is 1. The maximum absolute atomic E-state index is 14.5. The van der Waals surface area contributed by atoms with Crippen molar-refractivity contribution in [2.24, 2.45) is 22.2 Å². The SMILES string of the molecule is CC(C)C1CCC2(CC1)N=C(c1ccc(OC(F)(F)F)cc1)C(=O)N2C(CCC(C)(C)C)c1ccc(C(=O)NCCC(=O)O)cc1. The molecule has 2 aliphatic rings. The van der Waals surface area contributed by atoms with Crippen molar-refractivity contribution in [3.05, 3.63) is 65.2 Å². The summed E-state index contributed by atoms with van der Waals surface area (Å²) >= 11 is 0. The Bertz CT molecular complexity index is 1420. The van der Waals surface area contributed by atoms with E-state index < -0.39 is 18.0 Å². The third kappa shape index (κ3) is 8.67. The Morgan fingerprint density at radius 3 is 2.17 bits per heavy atom. The summed E-state index contributed by atoms with van der Waals surface area (Å²) in [6, 6.07) is 11.9. The van der Waals surface area contributed by atoms with E-state index in [1.54, 1.807) is 12.1 Å². The minimum atomic E-state index is -4.83. The molecule has 0 bridgehead atoms. The first-order valence-electron chi connectivity index (χ1n) is 15.9. The molecule has 2 aromatic rings. The largest absolute Gasteiger partial charge is 0.573 e. The van der Waals surface area contributed by atoms with Gasteiger partial charge in [0.25, 0.3) is 11.8 Å². The minimum Gasteiger partial charge on any atom is -0.481 e. The summed E-state index contributed by atoms with van der Waals surface area (Å²) in [6.07, 6.45) is -0.482. The number of nitrogens with one attached hydrogen (secondary N) is 1. The molecule has 46 heavy (non-hydrogen) atoms. The van der Waals surface area contributed by atoms with Gasteiger partial charge in [0.2, 0.25) is 0 Å². The highest BCUT2D eigenvalue weighted by atomic mass is 19.4. The molecule has 2 amide bonds. The van der Waals surface area contributed by atoms with Crippen LogP contribution in [0, 0.1) is 17.3 Å². The van der Waals surface area contributed by atoms with Gasteiger partial charge >= 0.3 is 12.3 Å². The molecule has 1 saturated carbocycles. The van der Waals surface area contributed by atoms with E-state index in [9.17, 15) is 27.6 Å². The molecule has 0 aromatic heterocycles. The molecule has 2 N–H and O–H groups in total. The highest BCUT2D eigenvalue weighted by Crippen LogP contribution is 2.48. The number of rotatable bonds is 11. The van der Waals surface area contributed by atoms with E-state index in [1.165, 1.54) is 24.3 Å². The van der Waals surface area contributed by atoms with E-state index in [1.807, 2.05) is 17.0 Å². The highest BCUT2D eigenvalue weighted by Gasteiger charge is 2.52. The van der Waals surface area contributed by atoms with Crippen molar-refractivity contribution in [3.63, 3.8) is 0 Å². The molecule has 11 heteroatoms. The number of carbonyl (C=O) groups excluding carboxylic acids is 2. The summed E-state index contributed by atoms with van der Waals surface area (Å²) < 4.78 is 42.4. The number of ether oxygens (including phenoxy) is 1. The predicted octanol–water partition coefficient (Wildman–Crippen LogP) is 7.53. The number of carboxylic acid groups (broad SMARTS) is 1. The lowest BCUT2D eigenvalue weighted by Gasteiger charge is -2.46. The molecular formula is C35H44F3N3O5. The maximum atomic E-state index is 14.5. The van der Waals surface area contributed by atoms with Crippen LogP contribution in [0.25, 0.3) is 0 Å². The number of aliphatic imine (C=N–C) groups is 1. The van der Waals surface area contributed by atoms with Gasteiger partial charge in [0.1, 0.15) is 17.1 Å². The van der Waals surface area contributed by atoms with Gasteiger partial charge in [-0.2, -0.15) is 0 Å². The molecule has 1 aliphatic heterocycles. The molecule has 0 saturated heterocycles. The number of hydrogen-bond acceptors (Lipinski definition) is 5. The van der Waals surface area contributed by atoms with E-state index in [0.717, 1.165) is 24.8 Å². The molecular weight excluding hydrogens is 599 g/mol. The van der Waals surface area contributed by atoms with Gasteiger partial charge in [0.15, 0.2) is 0 Å². The van der Waals surface area contributed by atoms with E-state index in [2.05, 4.69) is 44.7 Å². The lowest BCUT2D eigenvalue weighted by atomic mass is 9.75. The minimum absolute atomic E-state index is 0.00964. The summed E-state index contributed by atoms with van der Waals surface area (Å²) in [7, 11) is 0. The molecule has 1 spiro atoms.